The summed E-state index contributed by atoms with van der Waals surface area (Å²) in [5.74, 6) is 1.74. The average molecular weight is 322 g/mol. The monoisotopic (exact) mass is 322 g/mol. The third-order valence-electron chi connectivity index (χ3n) is 4.16. The summed E-state index contributed by atoms with van der Waals surface area (Å²) in [4.78, 5) is 13.8. The highest BCUT2D eigenvalue weighted by molar-refractivity contribution is 5.46. The normalized spacial score (nSPS) is 22.2. The molecule has 1 aromatic heterocycles. The Kier molecular flexibility index (Phi) is 5.64. The Balaban J connectivity index is 1.74. The van der Waals surface area contributed by atoms with Crippen molar-refractivity contribution >= 4 is 11.8 Å². The molecule has 128 valence electrons. The summed E-state index contributed by atoms with van der Waals surface area (Å²) in [6, 6.07) is 2.06. The van der Waals surface area contributed by atoms with Crippen molar-refractivity contribution in [1.29, 1.82) is 0 Å². The molecular formula is C16H26N4O3. The van der Waals surface area contributed by atoms with Crippen LogP contribution >= 0.6 is 0 Å². The fourth-order valence-electron chi connectivity index (χ4n) is 2.79. The Morgan fingerprint density at radius 2 is 2.00 bits per heavy atom. The highest BCUT2D eigenvalue weighted by Crippen LogP contribution is 2.19. The fraction of sp³-hybridized carbons (Fsp3) is 0.750. The van der Waals surface area contributed by atoms with Gasteiger partial charge in [0.2, 0.25) is 5.95 Å². The van der Waals surface area contributed by atoms with E-state index >= 15 is 0 Å². The van der Waals surface area contributed by atoms with E-state index in [0.717, 1.165) is 56.7 Å². The number of aromatic nitrogens is 2. The molecule has 3 heterocycles. The van der Waals surface area contributed by atoms with E-state index < -0.39 is 0 Å². The Hall–Kier alpha value is -1.44. The van der Waals surface area contributed by atoms with Crippen LogP contribution in [0, 0.1) is 0 Å². The van der Waals surface area contributed by atoms with Crippen LogP contribution in [-0.2, 0) is 20.6 Å². The van der Waals surface area contributed by atoms with Crippen LogP contribution in [0.25, 0.3) is 0 Å². The zero-order valence-electron chi connectivity index (χ0n) is 14.0. The third-order valence-corrected chi connectivity index (χ3v) is 4.16. The van der Waals surface area contributed by atoms with Crippen LogP contribution in [0.5, 0.6) is 0 Å². The lowest BCUT2D eigenvalue weighted by atomic mass is 10.3. The van der Waals surface area contributed by atoms with E-state index in [1.165, 1.54) is 0 Å². The first-order valence-electron chi connectivity index (χ1n) is 8.37. The van der Waals surface area contributed by atoms with Gasteiger partial charge in [0.05, 0.1) is 39.1 Å². The molecule has 2 saturated heterocycles. The predicted octanol–water partition coefficient (Wildman–Crippen LogP) is 0.727. The molecule has 23 heavy (non-hydrogen) atoms. The van der Waals surface area contributed by atoms with Crippen molar-refractivity contribution in [1.82, 2.24) is 9.97 Å². The molecule has 0 N–H and O–H groups in total. The molecule has 0 bridgehead atoms. The molecule has 0 unspecified atom stereocenters. The Labute approximate surface area is 137 Å². The number of nitrogens with zero attached hydrogens (tertiary/aromatic N) is 4. The molecule has 0 amide bonds. The second kappa shape index (κ2) is 7.90. The summed E-state index contributed by atoms with van der Waals surface area (Å²) in [7, 11) is 2.04. The molecule has 0 radical (unpaired) electrons. The van der Waals surface area contributed by atoms with Crippen molar-refractivity contribution in [3.63, 3.8) is 0 Å². The van der Waals surface area contributed by atoms with Crippen LogP contribution in [0.4, 0.5) is 11.8 Å². The summed E-state index contributed by atoms with van der Waals surface area (Å²) in [5, 5.41) is 0. The lowest BCUT2D eigenvalue weighted by molar-refractivity contribution is -0.0837. The molecule has 0 spiro atoms. The SMILES string of the molecule is CCc1cc(N(C)C[C@H]2COCCO2)nc(N2CCOCC2)n1. The Bertz CT molecular complexity index is 502. The van der Waals surface area contributed by atoms with E-state index in [2.05, 4.69) is 27.8 Å². The van der Waals surface area contributed by atoms with Gasteiger partial charge in [-0.25, -0.2) is 4.98 Å². The summed E-state index contributed by atoms with van der Waals surface area (Å²) in [6.07, 6.45) is 0.990. The van der Waals surface area contributed by atoms with Gasteiger partial charge in [-0.3, -0.25) is 0 Å². The zero-order valence-corrected chi connectivity index (χ0v) is 14.0. The number of morpholine rings is 1. The van der Waals surface area contributed by atoms with Crippen LogP contribution in [0.3, 0.4) is 0 Å². The second-order valence-electron chi connectivity index (χ2n) is 5.92. The van der Waals surface area contributed by atoms with Gasteiger partial charge in [-0.1, -0.05) is 6.92 Å². The quantitative estimate of drug-likeness (QED) is 0.792. The Morgan fingerprint density at radius 1 is 1.17 bits per heavy atom. The standard InChI is InChI=1S/C16H26N4O3/c1-3-13-10-15(19(2)11-14-12-22-8-9-23-14)18-16(17-13)20-4-6-21-7-5-20/h10,14H,3-9,11-12H2,1-2H3/t14-/m0/s1. The molecule has 2 aliphatic heterocycles. The molecule has 1 atom stereocenters. The summed E-state index contributed by atoms with van der Waals surface area (Å²) >= 11 is 0. The van der Waals surface area contributed by atoms with Crippen LogP contribution in [0.1, 0.15) is 12.6 Å². The fourth-order valence-corrected chi connectivity index (χ4v) is 2.79. The average Bonchev–Trinajstić information content (AvgIpc) is 2.63. The molecule has 0 aromatic carbocycles. The molecule has 0 saturated carbocycles. The number of likely N-dealkylation sites (N-methyl/N-ethyl adjacent to an activating group) is 1. The van der Waals surface area contributed by atoms with Gasteiger partial charge in [0.1, 0.15) is 5.82 Å². The van der Waals surface area contributed by atoms with E-state index in [-0.39, 0.29) is 6.10 Å². The van der Waals surface area contributed by atoms with Gasteiger partial charge in [-0.15, -0.1) is 0 Å². The van der Waals surface area contributed by atoms with E-state index in [9.17, 15) is 0 Å². The number of aryl methyl sites for hydroxylation is 1. The lowest BCUT2D eigenvalue weighted by Gasteiger charge is -2.30. The first-order valence-corrected chi connectivity index (χ1v) is 8.37. The van der Waals surface area contributed by atoms with Gasteiger partial charge >= 0.3 is 0 Å². The van der Waals surface area contributed by atoms with Crippen molar-refractivity contribution in [2.75, 3.05) is 69.5 Å². The van der Waals surface area contributed by atoms with Crippen LogP contribution < -0.4 is 9.80 Å². The number of rotatable bonds is 5. The van der Waals surface area contributed by atoms with Gasteiger partial charge in [0.15, 0.2) is 0 Å². The maximum Gasteiger partial charge on any atom is 0.227 e. The van der Waals surface area contributed by atoms with E-state index in [0.29, 0.717) is 19.8 Å². The topological polar surface area (TPSA) is 60.0 Å². The van der Waals surface area contributed by atoms with E-state index in [4.69, 9.17) is 19.2 Å². The molecule has 2 fully saturated rings. The molecule has 1 aromatic rings. The van der Waals surface area contributed by atoms with Crippen molar-refractivity contribution in [2.24, 2.45) is 0 Å². The third kappa shape index (κ3) is 4.31. The molecule has 3 rings (SSSR count). The summed E-state index contributed by atoms with van der Waals surface area (Å²) < 4.78 is 16.6. The molecule has 7 heteroatoms. The van der Waals surface area contributed by atoms with Gasteiger partial charge < -0.3 is 24.0 Å². The molecule has 0 aliphatic carbocycles. The molecular weight excluding hydrogens is 296 g/mol. The molecule has 7 nitrogen and oxygen atoms in total. The van der Waals surface area contributed by atoms with E-state index in [1.54, 1.807) is 0 Å². The maximum atomic E-state index is 5.74. The number of hydrogen-bond donors (Lipinski definition) is 0. The smallest absolute Gasteiger partial charge is 0.227 e. The number of hydrogen-bond acceptors (Lipinski definition) is 7. The maximum absolute atomic E-state index is 5.74. The number of ether oxygens (including phenoxy) is 3. The highest BCUT2D eigenvalue weighted by Gasteiger charge is 2.20. The largest absolute Gasteiger partial charge is 0.378 e. The first kappa shape index (κ1) is 16.4. The second-order valence-corrected chi connectivity index (χ2v) is 5.92. The van der Waals surface area contributed by atoms with Crippen molar-refractivity contribution in [2.45, 2.75) is 19.4 Å². The van der Waals surface area contributed by atoms with Gasteiger partial charge in [0, 0.05) is 38.4 Å². The summed E-state index contributed by atoms with van der Waals surface area (Å²) in [5.41, 5.74) is 1.06. The van der Waals surface area contributed by atoms with Crippen molar-refractivity contribution in [3.05, 3.63) is 11.8 Å². The molecule has 2 aliphatic rings. The number of anilines is 2. The minimum absolute atomic E-state index is 0.0978. The van der Waals surface area contributed by atoms with Crippen LogP contribution in [0.15, 0.2) is 6.07 Å². The van der Waals surface area contributed by atoms with Crippen molar-refractivity contribution in [3.8, 4) is 0 Å². The minimum Gasteiger partial charge on any atom is -0.378 e. The van der Waals surface area contributed by atoms with Crippen LogP contribution in [-0.4, -0.2) is 75.8 Å². The Morgan fingerprint density at radius 3 is 2.70 bits per heavy atom. The first-order chi connectivity index (χ1) is 11.3. The summed E-state index contributed by atoms with van der Waals surface area (Å²) in [6.45, 7) is 8.04. The predicted molar refractivity (Wildman–Crippen MR) is 88.3 cm³/mol. The van der Waals surface area contributed by atoms with Gasteiger partial charge in [0.25, 0.3) is 0 Å². The lowest BCUT2D eigenvalue weighted by Crippen LogP contribution is -2.40. The minimum atomic E-state index is 0.0978. The van der Waals surface area contributed by atoms with Gasteiger partial charge in [-0.2, -0.15) is 4.98 Å². The van der Waals surface area contributed by atoms with Crippen molar-refractivity contribution < 1.29 is 14.2 Å². The van der Waals surface area contributed by atoms with Crippen LogP contribution in [0.2, 0.25) is 0 Å². The zero-order chi connectivity index (χ0) is 16.1. The highest BCUT2D eigenvalue weighted by atomic mass is 16.6. The van der Waals surface area contributed by atoms with E-state index in [1.807, 2.05) is 7.05 Å². The van der Waals surface area contributed by atoms with Gasteiger partial charge in [-0.05, 0) is 6.42 Å².